The molecule has 1 aromatic rings. The van der Waals surface area contributed by atoms with Crippen molar-refractivity contribution in [1.29, 1.82) is 0 Å². The van der Waals surface area contributed by atoms with Gasteiger partial charge in [0.1, 0.15) is 11.4 Å². The number of ether oxygens (including phenoxy) is 2. The minimum atomic E-state index is -3.58. The second-order valence-electron chi connectivity index (χ2n) is 7.11. The number of hydrogen-bond acceptors (Lipinski definition) is 4. The largest absolute Gasteiger partial charge is 0.381 e. The maximum absolute atomic E-state index is 13.0. The van der Waals surface area contributed by atoms with Crippen LogP contribution < -0.4 is 0 Å². The molecule has 1 saturated carbocycles. The molecule has 0 bridgehead atoms. The molecule has 132 valence electrons. The molecular weight excluding hydrogens is 333 g/mol. The second kappa shape index (κ2) is 6.05. The number of sulfonamides is 1. The lowest BCUT2D eigenvalue weighted by atomic mass is 9.83. The van der Waals surface area contributed by atoms with E-state index in [4.69, 9.17) is 9.47 Å². The highest BCUT2D eigenvalue weighted by molar-refractivity contribution is 7.89. The van der Waals surface area contributed by atoms with Gasteiger partial charge in [-0.2, -0.15) is 4.31 Å². The molecule has 2 aliphatic heterocycles. The minimum Gasteiger partial charge on any atom is -0.381 e. The highest BCUT2D eigenvalue weighted by Crippen LogP contribution is 2.42. The zero-order valence-corrected chi connectivity index (χ0v) is 14.3. The average molecular weight is 355 g/mol. The van der Waals surface area contributed by atoms with E-state index >= 15 is 0 Å². The fourth-order valence-corrected chi connectivity index (χ4v) is 5.06. The molecule has 1 aromatic carbocycles. The topological polar surface area (TPSA) is 55.8 Å². The molecule has 0 aromatic heterocycles. The van der Waals surface area contributed by atoms with Gasteiger partial charge in [-0.05, 0) is 49.4 Å². The Bertz CT molecular complexity index is 696. The molecule has 5 nitrogen and oxygen atoms in total. The lowest BCUT2D eigenvalue weighted by Crippen LogP contribution is -2.66. The van der Waals surface area contributed by atoms with Crippen molar-refractivity contribution in [2.24, 2.45) is 11.8 Å². The number of hydrogen-bond donors (Lipinski definition) is 0. The first-order valence-corrected chi connectivity index (χ1v) is 9.91. The van der Waals surface area contributed by atoms with Gasteiger partial charge in [-0.1, -0.05) is 0 Å². The lowest BCUT2D eigenvalue weighted by molar-refractivity contribution is -0.114. The third-order valence-corrected chi connectivity index (χ3v) is 7.11. The van der Waals surface area contributed by atoms with Crippen LogP contribution in [0.3, 0.4) is 0 Å². The normalized spacial score (nSPS) is 26.6. The van der Waals surface area contributed by atoms with Gasteiger partial charge in [-0.15, -0.1) is 0 Å². The monoisotopic (exact) mass is 355 g/mol. The Morgan fingerprint density at radius 1 is 1.17 bits per heavy atom. The quantitative estimate of drug-likeness (QED) is 0.784. The summed E-state index contributed by atoms with van der Waals surface area (Å²) in [6.45, 7) is 2.81. The van der Waals surface area contributed by atoms with Crippen LogP contribution in [0.4, 0.5) is 4.39 Å². The van der Waals surface area contributed by atoms with Crippen LogP contribution in [-0.2, 0) is 19.5 Å². The summed E-state index contributed by atoms with van der Waals surface area (Å²) in [5, 5.41) is 0. The van der Waals surface area contributed by atoms with Crippen LogP contribution in [0.1, 0.15) is 19.3 Å². The molecule has 1 spiro atoms. The molecule has 24 heavy (non-hydrogen) atoms. The van der Waals surface area contributed by atoms with Gasteiger partial charge in [0, 0.05) is 32.2 Å². The van der Waals surface area contributed by atoms with Gasteiger partial charge in [0.15, 0.2) is 0 Å². The first-order valence-electron chi connectivity index (χ1n) is 8.47. The molecule has 2 heterocycles. The first-order chi connectivity index (χ1) is 11.5. The van der Waals surface area contributed by atoms with Crippen LogP contribution in [0.15, 0.2) is 29.2 Å². The van der Waals surface area contributed by atoms with E-state index in [0.29, 0.717) is 26.3 Å². The molecule has 1 atom stereocenters. The summed E-state index contributed by atoms with van der Waals surface area (Å²) in [4.78, 5) is 0.123. The molecule has 0 N–H and O–H groups in total. The number of rotatable bonds is 6. The Balaban J connectivity index is 1.39. The number of benzene rings is 1. The fourth-order valence-electron chi connectivity index (χ4n) is 3.51. The van der Waals surface area contributed by atoms with Gasteiger partial charge in [0.05, 0.1) is 11.5 Å². The lowest BCUT2D eigenvalue weighted by Gasteiger charge is -2.49. The van der Waals surface area contributed by atoms with Gasteiger partial charge in [-0.25, -0.2) is 12.8 Å². The third kappa shape index (κ3) is 2.98. The predicted molar refractivity (Wildman–Crippen MR) is 85.5 cm³/mol. The Morgan fingerprint density at radius 2 is 1.88 bits per heavy atom. The van der Waals surface area contributed by atoms with Crippen LogP contribution in [0.5, 0.6) is 0 Å². The van der Waals surface area contributed by atoms with Gasteiger partial charge in [0.25, 0.3) is 0 Å². The summed E-state index contributed by atoms with van der Waals surface area (Å²) >= 11 is 0. The molecule has 3 fully saturated rings. The molecular formula is C17H22FNO4S. The summed E-state index contributed by atoms with van der Waals surface area (Å²) in [6.07, 6.45) is 3.43. The molecule has 1 unspecified atom stereocenters. The highest BCUT2D eigenvalue weighted by Gasteiger charge is 2.56. The van der Waals surface area contributed by atoms with Crippen molar-refractivity contribution in [2.45, 2.75) is 29.8 Å². The van der Waals surface area contributed by atoms with E-state index in [1.165, 1.54) is 41.4 Å². The summed E-state index contributed by atoms with van der Waals surface area (Å²) in [5.41, 5.74) is -0.406. The van der Waals surface area contributed by atoms with Crippen molar-refractivity contribution >= 4 is 10.0 Å². The van der Waals surface area contributed by atoms with E-state index in [1.54, 1.807) is 0 Å². The summed E-state index contributed by atoms with van der Waals surface area (Å²) in [5.74, 6) is 0.525. The molecule has 7 heteroatoms. The van der Waals surface area contributed by atoms with Crippen molar-refractivity contribution in [3.05, 3.63) is 30.1 Å². The van der Waals surface area contributed by atoms with Gasteiger partial charge in [0.2, 0.25) is 10.0 Å². The smallest absolute Gasteiger partial charge is 0.243 e. The average Bonchev–Trinajstić information content (AvgIpc) is 3.23. The van der Waals surface area contributed by atoms with Crippen molar-refractivity contribution < 1.29 is 22.3 Å². The van der Waals surface area contributed by atoms with Crippen molar-refractivity contribution in [3.63, 3.8) is 0 Å². The van der Waals surface area contributed by atoms with E-state index in [-0.39, 0.29) is 10.8 Å². The van der Waals surface area contributed by atoms with Crippen molar-refractivity contribution in [3.8, 4) is 0 Å². The zero-order chi connectivity index (χ0) is 16.8. The Kier molecular flexibility index (Phi) is 4.15. The van der Waals surface area contributed by atoms with Crippen LogP contribution in [-0.4, -0.2) is 51.2 Å². The van der Waals surface area contributed by atoms with Crippen molar-refractivity contribution in [2.75, 3.05) is 32.9 Å². The number of nitrogens with zero attached hydrogens (tertiary/aromatic N) is 1. The van der Waals surface area contributed by atoms with Crippen LogP contribution in [0.2, 0.25) is 0 Å². The Hall–Kier alpha value is -1.02. The van der Waals surface area contributed by atoms with E-state index in [0.717, 1.165) is 18.9 Å². The molecule has 1 aliphatic carbocycles. The van der Waals surface area contributed by atoms with E-state index in [1.807, 2.05) is 0 Å². The number of halogens is 1. The van der Waals surface area contributed by atoms with Crippen LogP contribution in [0, 0.1) is 17.7 Å². The van der Waals surface area contributed by atoms with Gasteiger partial charge < -0.3 is 9.47 Å². The highest BCUT2D eigenvalue weighted by atomic mass is 32.2. The third-order valence-electron chi connectivity index (χ3n) is 5.31. The predicted octanol–water partition coefficient (Wildman–Crippen LogP) is 2.03. The summed E-state index contributed by atoms with van der Waals surface area (Å²) in [6, 6.07) is 4.95. The Labute approximate surface area is 141 Å². The second-order valence-corrected chi connectivity index (χ2v) is 9.04. The van der Waals surface area contributed by atoms with E-state index in [9.17, 15) is 12.8 Å². The van der Waals surface area contributed by atoms with E-state index < -0.39 is 21.4 Å². The van der Waals surface area contributed by atoms with Crippen LogP contribution in [0.25, 0.3) is 0 Å². The fraction of sp³-hybridized carbons (Fsp3) is 0.647. The Morgan fingerprint density at radius 3 is 2.54 bits per heavy atom. The standard InChI is InChI=1S/C17H22FNO4S/c18-15-3-5-16(6-4-15)24(20,21)19-11-17(12-19)14(7-8-23-17)10-22-9-13-1-2-13/h3-6,13-14H,1-2,7-12H2. The van der Waals surface area contributed by atoms with Crippen molar-refractivity contribution in [1.82, 2.24) is 4.31 Å². The van der Waals surface area contributed by atoms with Gasteiger partial charge in [-0.3, -0.25) is 0 Å². The first kappa shape index (κ1) is 16.4. The SMILES string of the molecule is O=S(=O)(c1ccc(F)cc1)N1CC2(C1)OCCC2COCC1CC1. The van der Waals surface area contributed by atoms with Crippen LogP contribution >= 0.6 is 0 Å². The van der Waals surface area contributed by atoms with E-state index in [2.05, 4.69) is 0 Å². The maximum atomic E-state index is 13.0. The molecule has 4 rings (SSSR count). The minimum absolute atomic E-state index is 0.123. The molecule has 3 aliphatic rings. The van der Waals surface area contributed by atoms with Gasteiger partial charge >= 0.3 is 0 Å². The molecule has 2 saturated heterocycles. The summed E-state index contributed by atoms with van der Waals surface area (Å²) < 4.78 is 51.3. The molecule has 0 radical (unpaired) electrons. The maximum Gasteiger partial charge on any atom is 0.243 e. The summed E-state index contributed by atoms with van der Waals surface area (Å²) in [7, 11) is -3.58. The zero-order valence-electron chi connectivity index (χ0n) is 13.5. The molecule has 0 amide bonds.